The van der Waals surface area contributed by atoms with E-state index in [2.05, 4.69) is 34.5 Å². The molecular weight excluding hydrogens is 338 g/mol. The summed E-state index contributed by atoms with van der Waals surface area (Å²) in [6.07, 6.45) is 6.18. The number of nitrogens with zero attached hydrogens (tertiary/aromatic N) is 2. The van der Waals surface area contributed by atoms with Crippen molar-refractivity contribution >= 4 is 38.9 Å². The van der Waals surface area contributed by atoms with Crippen molar-refractivity contribution in [3.8, 4) is 0 Å². The van der Waals surface area contributed by atoms with Gasteiger partial charge in [0.05, 0.1) is 22.4 Å². The summed E-state index contributed by atoms with van der Waals surface area (Å²) < 4.78 is 6.95. The summed E-state index contributed by atoms with van der Waals surface area (Å²) in [6.45, 7) is 2.72. The highest BCUT2D eigenvalue weighted by Crippen LogP contribution is 2.35. The molecular formula is C18H23N3OS2. The van der Waals surface area contributed by atoms with E-state index in [1.807, 2.05) is 0 Å². The topological polar surface area (TPSA) is 37.4 Å². The lowest BCUT2D eigenvalue weighted by Gasteiger charge is -2.36. The van der Waals surface area contributed by atoms with Gasteiger partial charge in [-0.05, 0) is 56.5 Å². The molecule has 2 aromatic rings. The third kappa shape index (κ3) is 3.41. The number of piperidine rings is 1. The van der Waals surface area contributed by atoms with Gasteiger partial charge in [0.25, 0.3) is 0 Å². The number of rotatable bonds is 3. The molecule has 0 aliphatic carbocycles. The fourth-order valence-electron chi connectivity index (χ4n) is 3.57. The van der Waals surface area contributed by atoms with Crippen LogP contribution in [0.5, 0.6) is 0 Å². The Morgan fingerprint density at radius 1 is 1.29 bits per heavy atom. The Hall–Kier alpha value is -1.24. The van der Waals surface area contributed by atoms with Crippen molar-refractivity contribution in [1.29, 1.82) is 0 Å². The number of hydrogen-bond donors (Lipinski definition) is 1. The zero-order chi connectivity index (χ0) is 16.4. The number of thiocarbonyl (C=S) groups is 1. The monoisotopic (exact) mass is 361 g/mol. The van der Waals surface area contributed by atoms with Gasteiger partial charge in [-0.15, -0.1) is 11.3 Å². The number of fused-ring (bicyclic) bond motifs is 1. The predicted molar refractivity (Wildman–Crippen MR) is 102 cm³/mol. The smallest absolute Gasteiger partial charge is 0.169 e. The lowest BCUT2D eigenvalue weighted by molar-refractivity contribution is 0.112. The molecule has 24 heavy (non-hydrogen) atoms. The van der Waals surface area contributed by atoms with Gasteiger partial charge in [-0.25, -0.2) is 4.98 Å². The summed E-state index contributed by atoms with van der Waals surface area (Å²) >= 11 is 7.51. The molecule has 128 valence electrons. The van der Waals surface area contributed by atoms with Crippen molar-refractivity contribution in [3.63, 3.8) is 0 Å². The molecule has 2 atom stereocenters. The van der Waals surface area contributed by atoms with Crippen molar-refractivity contribution in [3.05, 3.63) is 29.3 Å². The molecule has 0 saturated carbocycles. The SMILES string of the molecule is S=C(NC[C@@H]1CCCO1)N1CCCC[C@H]1c1nc2ccccc2s1. The summed E-state index contributed by atoms with van der Waals surface area (Å²) in [6, 6.07) is 8.68. The number of aromatic nitrogens is 1. The van der Waals surface area contributed by atoms with Crippen LogP contribution in [0.15, 0.2) is 24.3 Å². The first-order valence-corrected chi connectivity index (χ1v) is 10.1. The summed E-state index contributed by atoms with van der Waals surface area (Å²) in [5, 5.41) is 5.48. The van der Waals surface area contributed by atoms with Crippen LogP contribution in [-0.4, -0.2) is 40.8 Å². The van der Waals surface area contributed by atoms with Gasteiger partial charge < -0.3 is 15.0 Å². The van der Waals surface area contributed by atoms with E-state index in [0.717, 1.165) is 49.6 Å². The van der Waals surface area contributed by atoms with Gasteiger partial charge in [0.15, 0.2) is 5.11 Å². The van der Waals surface area contributed by atoms with Crippen molar-refractivity contribution < 1.29 is 4.74 Å². The van der Waals surface area contributed by atoms with E-state index >= 15 is 0 Å². The van der Waals surface area contributed by atoms with E-state index in [1.165, 1.54) is 22.5 Å². The molecule has 0 amide bonds. The minimum Gasteiger partial charge on any atom is -0.376 e. The van der Waals surface area contributed by atoms with Crippen LogP contribution in [0.4, 0.5) is 0 Å². The predicted octanol–water partition coefficient (Wildman–Crippen LogP) is 3.88. The van der Waals surface area contributed by atoms with Crippen LogP contribution in [-0.2, 0) is 4.74 Å². The quantitative estimate of drug-likeness (QED) is 0.840. The third-order valence-electron chi connectivity index (χ3n) is 4.86. The zero-order valence-corrected chi connectivity index (χ0v) is 15.4. The van der Waals surface area contributed by atoms with Gasteiger partial charge in [-0.3, -0.25) is 0 Å². The Morgan fingerprint density at radius 3 is 3.04 bits per heavy atom. The standard InChI is InChI=1S/C18H23N3OS2/c23-18(19-12-13-6-5-11-22-13)21-10-4-3-8-15(21)17-20-14-7-1-2-9-16(14)24-17/h1-2,7,9,13,15H,3-6,8,10-12H2,(H,19,23)/t13-,15-/m0/s1. The van der Waals surface area contributed by atoms with E-state index < -0.39 is 0 Å². The molecule has 2 saturated heterocycles. The van der Waals surface area contributed by atoms with Gasteiger partial charge in [0, 0.05) is 19.7 Å². The van der Waals surface area contributed by atoms with E-state index in [9.17, 15) is 0 Å². The first-order chi connectivity index (χ1) is 11.8. The van der Waals surface area contributed by atoms with Gasteiger partial charge in [0.1, 0.15) is 5.01 Å². The summed E-state index contributed by atoms with van der Waals surface area (Å²) in [5.41, 5.74) is 1.10. The fourth-order valence-corrected chi connectivity index (χ4v) is 4.99. The maximum atomic E-state index is 5.70. The first kappa shape index (κ1) is 16.2. The molecule has 2 aliphatic heterocycles. The minimum absolute atomic E-state index is 0.306. The molecule has 0 radical (unpaired) electrons. The van der Waals surface area contributed by atoms with Crippen LogP contribution in [0.1, 0.15) is 43.2 Å². The van der Waals surface area contributed by atoms with Crippen LogP contribution in [0.25, 0.3) is 10.2 Å². The van der Waals surface area contributed by atoms with Gasteiger partial charge in [0.2, 0.25) is 0 Å². The summed E-state index contributed by atoms with van der Waals surface area (Å²) in [4.78, 5) is 7.21. The Balaban J connectivity index is 1.48. The van der Waals surface area contributed by atoms with Crippen molar-refractivity contribution in [2.24, 2.45) is 0 Å². The number of benzene rings is 1. The Labute approximate surface area is 152 Å². The molecule has 2 aliphatic rings. The second-order valence-electron chi connectivity index (χ2n) is 6.55. The largest absolute Gasteiger partial charge is 0.376 e. The minimum atomic E-state index is 0.306. The van der Waals surface area contributed by atoms with Crippen molar-refractivity contribution in [2.75, 3.05) is 19.7 Å². The number of hydrogen-bond acceptors (Lipinski definition) is 4. The van der Waals surface area contributed by atoms with Crippen LogP contribution in [0, 0.1) is 0 Å². The van der Waals surface area contributed by atoms with Crippen LogP contribution >= 0.6 is 23.6 Å². The molecule has 4 nitrogen and oxygen atoms in total. The molecule has 1 N–H and O–H groups in total. The maximum Gasteiger partial charge on any atom is 0.169 e. The Morgan fingerprint density at radius 2 is 2.21 bits per heavy atom. The zero-order valence-electron chi connectivity index (χ0n) is 13.7. The molecule has 6 heteroatoms. The lowest BCUT2D eigenvalue weighted by atomic mass is 10.0. The maximum absolute atomic E-state index is 5.70. The van der Waals surface area contributed by atoms with Crippen LogP contribution < -0.4 is 5.32 Å². The highest BCUT2D eigenvalue weighted by molar-refractivity contribution is 7.80. The molecule has 1 aromatic carbocycles. The van der Waals surface area contributed by atoms with E-state index in [0.29, 0.717) is 12.1 Å². The number of likely N-dealkylation sites (tertiary alicyclic amines) is 1. The average molecular weight is 362 g/mol. The molecule has 0 unspecified atom stereocenters. The Bertz CT molecular complexity index is 678. The number of para-hydroxylation sites is 1. The van der Waals surface area contributed by atoms with E-state index in [-0.39, 0.29) is 0 Å². The highest BCUT2D eigenvalue weighted by Gasteiger charge is 2.29. The third-order valence-corrected chi connectivity index (χ3v) is 6.38. The second kappa shape index (κ2) is 7.33. The molecule has 2 fully saturated rings. The van der Waals surface area contributed by atoms with Gasteiger partial charge in [-0.1, -0.05) is 12.1 Å². The molecule has 0 bridgehead atoms. The summed E-state index contributed by atoms with van der Waals surface area (Å²) in [5.74, 6) is 0. The average Bonchev–Trinajstić information content (AvgIpc) is 3.29. The van der Waals surface area contributed by atoms with Crippen molar-refractivity contribution in [2.45, 2.75) is 44.2 Å². The number of nitrogens with one attached hydrogen (secondary N) is 1. The number of ether oxygens (including phenoxy) is 1. The molecule has 3 heterocycles. The van der Waals surface area contributed by atoms with E-state index in [1.54, 1.807) is 11.3 Å². The van der Waals surface area contributed by atoms with E-state index in [4.69, 9.17) is 21.9 Å². The van der Waals surface area contributed by atoms with Gasteiger partial charge >= 0.3 is 0 Å². The van der Waals surface area contributed by atoms with Gasteiger partial charge in [-0.2, -0.15) is 0 Å². The fraction of sp³-hybridized carbons (Fsp3) is 0.556. The van der Waals surface area contributed by atoms with Crippen LogP contribution in [0.3, 0.4) is 0 Å². The summed E-state index contributed by atoms with van der Waals surface area (Å²) in [7, 11) is 0. The molecule has 1 aromatic heterocycles. The molecule has 0 spiro atoms. The second-order valence-corrected chi connectivity index (χ2v) is 7.99. The van der Waals surface area contributed by atoms with Crippen LogP contribution in [0.2, 0.25) is 0 Å². The van der Waals surface area contributed by atoms with Crippen molar-refractivity contribution in [1.82, 2.24) is 15.2 Å². The highest BCUT2D eigenvalue weighted by atomic mass is 32.1. The first-order valence-electron chi connectivity index (χ1n) is 8.83. The lowest BCUT2D eigenvalue weighted by Crippen LogP contribution is -2.46. The Kier molecular flexibility index (Phi) is 4.96. The molecule has 4 rings (SSSR count). The number of thiazole rings is 1. The normalized spacial score (nSPS) is 24.4.